The van der Waals surface area contributed by atoms with Crippen molar-refractivity contribution in [3.63, 3.8) is 0 Å². The number of hydrogen-bond donors (Lipinski definition) is 8. The molecular weight excluding hydrogens is 306 g/mol. The SMILES string of the molecule is O=C(CO)N[C@@H]1[C@H]([C@H](O)[C@H](O)CO)O[C@](O)(C(=O)O)C[C@@H]1O. The van der Waals surface area contributed by atoms with Crippen LogP contribution in [0.3, 0.4) is 0 Å². The van der Waals surface area contributed by atoms with Crippen molar-refractivity contribution in [1.29, 1.82) is 0 Å². The lowest BCUT2D eigenvalue weighted by molar-refractivity contribution is -0.295. The van der Waals surface area contributed by atoms with Crippen molar-refractivity contribution in [2.45, 2.75) is 42.7 Å². The van der Waals surface area contributed by atoms with Gasteiger partial charge in [0.25, 0.3) is 5.79 Å². The Morgan fingerprint density at radius 1 is 1.32 bits per heavy atom. The number of aliphatic hydroxyl groups excluding tert-OH is 5. The first-order chi connectivity index (χ1) is 10.2. The van der Waals surface area contributed by atoms with E-state index in [9.17, 15) is 30.0 Å². The number of nitrogens with one attached hydrogen (secondary N) is 1. The first-order valence-corrected chi connectivity index (χ1v) is 6.35. The van der Waals surface area contributed by atoms with Gasteiger partial charge in [0.15, 0.2) is 0 Å². The molecule has 0 spiro atoms. The number of carbonyl (C=O) groups excluding carboxylic acids is 1. The first kappa shape index (κ1) is 18.7. The van der Waals surface area contributed by atoms with Gasteiger partial charge in [0.1, 0.15) is 24.9 Å². The van der Waals surface area contributed by atoms with E-state index in [1.54, 1.807) is 0 Å². The predicted octanol–water partition coefficient (Wildman–Crippen LogP) is -4.90. The monoisotopic (exact) mass is 325 g/mol. The zero-order valence-corrected chi connectivity index (χ0v) is 11.4. The van der Waals surface area contributed by atoms with E-state index in [0.717, 1.165) is 0 Å². The Hall–Kier alpha value is -1.34. The molecule has 6 atom stereocenters. The summed E-state index contributed by atoms with van der Waals surface area (Å²) >= 11 is 0. The van der Waals surface area contributed by atoms with Gasteiger partial charge in [0.05, 0.1) is 18.8 Å². The minimum atomic E-state index is -2.85. The van der Waals surface area contributed by atoms with Crippen LogP contribution in [0, 0.1) is 0 Å². The Balaban J connectivity index is 3.07. The van der Waals surface area contributed by atoms with Crippen LogP contribution in [0.25, 0.3) is 0 Å². The molecule has 0 saturated carbocycles. The third kappa shape index (κ3) is 3.89. The number of ether oxygens (including phenoxy) is 1. The van der Waals surface area contributed by atoms with E-state index in [0.29, 0.717) is 0 Å². The Labute approximate surface area is 124 Å². The van der Waals surface area contributed by atoms with E-state index < -0.39 is 67.8 Å². The quantitative estimate of drug-likeness (QED) is 0.234. The van der Waals surface area contributed by atoms with Crippen molar-refractivity contribution < 1.29 is 50.1 Å². The molecule has 0 aliphatic carbocycles. The van der Waals surface area contributed by atoms with Crippen LogP contribution >= 0.6 is 0 Å². The standard InChI is InChI=1S/C11H19NO10/c13-2-5(16)8(18)9-7(12-6(17)3-14)4(15)1-11(21,22-9)10(19)20/h4-5,7-9,13-16,18,21H,1-3H2,(H,12,17)(H,19,20)/t4-,5+,7-,8+,9+,11-/m0/s1. The molecule has 1 saturated heterocycles. The molecule has 0 bridgehead atoms. The fourth-order valence-corrected chi connectivity index (χ4v) is 2.13. The van der Waals surface area contributed by atoms with Gasteiger partial charge in [-0.05, 0) is 0 Å². The zero-order chi connectivity index (χ0) is 17.1. The van der Waals surface area contributed by atoms with Gasteiger partial charge in [-0.25, -0.2) is 4.79 Å². The molecule has 1 aliphatic heterocycles. The number of carboxylic acids is 1. The molecule has 1 aliphatic rings. The van der Waals surface area contributed by atoms with Crippen LogP contribution in [0.4, 0.5) is 0 Å². The molecule has 0 aromatic heterocycles. The second kappa shape index (κ2) is 7.28. The second-order valence-corrected chi connectivity index (χ2v) is 4.94. The lowest BCUT2D eigenvalue weighted by atomic mass is 9.88. The topological polar surface area (TPSA) is 197 Å². The Bertz CT molecular complexity index is 418. The minimum absolute atomic E-state index is 0.822. The largest absolute Gasteiger partial charge is 0.477 e. The fourth-order valence-electron chi connectivity index (χ4n) is 2.13. The number of carboxylic acid groups (broad SMARTS) is 1. The van der Waals surface area contributed by atoms with E-state index in [-0.39, 0.29) is 0 Å². The molecule has 1 heterocycles. The minimum Gasteiger partial charge on any atom is -0.477 e. The summed E-state index contributed by atoms with van der Waals surface area (Å²) in [5.74, 6) is -5.64. The number of carbonyl (C=O) groups is 2. The fraction of sp³-hybridized carbons (Fsp3) is 0.818. The van der Waals surface area contributed by atoms with Crippen molar-refractivity contribution in [3.8, 4) is 0 Å². The van der Waals surface area contributed by atoms with Crippen LogP contribution in [-0.4, -0.2) is 97.1 Å². The number of hydrogen-bond acceptors (Lipinski definition) is 9. The smallest absolute Gasteiger partial charge is 0.364 e. The van der Waals surface area contributed by atoms with Gasteiger partial charge in [-0.2, -0.15) is 0 Å². The second-order valence-electron chi connectivity index (χ2n) is 4.94. The molecule has 0 unspecified atom stereocenters. The molecule has 22 heavy (non-hydrogen) atoms. The Morgan fingerprint density at radius 3 is 2.36 bits per heavy atom. The number of aliphatic hydroxyl groups is 6. The van der Waals surface area contributed by atoms with E-state index in [1.165, 1.54) is 0 Å². The number of rotatable bonds is 6. The van der Waals surface area contributed by atoms with E-state index in [1.807, 2.05) is 0 Å². The molecule has 11 heteroatoms. The summed E-state index contributed by atoms with van der Waals surface area (Å²) in [6.45, 7) is -1.86. The van der Waals surface area contributed by atoms with Crippen molar-refractivity contribution >= 4 is 11.9 Å². The van der Waals surface area contributed by atoms with Crippen LogP contribution in [0.5, 0.6) is 0 Å². The molecule has 1 rings (SSSR count). The van der Waals surface area contributed by atoms with Crippen molar-refractivity contribution in [2.24, 2.45) is 0 Å². The zero-order valence-electron chi connectivity index (χ0n) is 11.4. The third-order valence-electron chi connectivity index (χ3n) is 3.31. The molecule has 1 amide bonds. The molecule has 0 aromatic carbocycles. The molecule has 1 fully saturated rings. The summed E-state index contributed by atoms with van der Waals surface area (Å²) in [5, 5.41) is 67.5. The highest BCUT2D eigenvalue weighted by atomic mass is 16.7. The summed E-state index contributed by atoms with van der Waals surface area (Å²) in [5.41, 5.74) is 0. The summed E-state index contributed by atoms with van der Waals surface area (Å²) in [7, 11) is 0. The van der Waals surface area contributed by atoms with E-state index >= 15 is 0 Å². The van der Waals surface area contributed by atoms with E-state index in [4.69, 9.17) is 20.1 Å². The summed E-state index contributed by atoms with van der Waals surface area (Å²) < 4.78 is 4.83. The average molecular weight is 325 g/mol. The van der Waals surface area contributed by atoms with Crippen LogP contribution in [0.15, 0.2) is 0 Å². The van der Waals surface area contributed by atoms with Crippen LogP contribution in [0.2, 0.25) is 0 Å². The van der Waals surface area contributed by atoms with Crippen LogP contribution < -0.4 is 5.32 Å². The molecule has 0 aromatic rings. The van der Waals surface area contributed by atoms with Gasteiger partial charge in [0.2, 0.25) is 5.91 Å². The third-order valence-corrected chi connectivity index (χ3v) is 3.31. The van der Waals surface area contributed by atoms with Gasteiger partial charge in [-0.1, -0.05) is 0 Å². The van der Waals surface area contributed by atoms with Crippen molar-refractivity contribution in [1.82, 2.24) is 5.32 Å². The normalized spacial score (nSPS) is 34.7. The highest BCUT2D eigenvalue weighted by molar-refractivity contribution is 5.78. The Morgan fingerprint density at radius 2 is 1.91 bits per heavy atom. The summed E-state index contributed by atoms with van der Waals surface area (Å²) in [6, 6.07) is -1.42. The first-order valence-electron chi connectivity index (χ1n) is 6.35. The molecule has 11 nitrogen and oxygen atoms in total. The molecule has 128 valence electrons. The molecule has 0 radical (unpaired) electrons. The highest BCUT2D eigenvalue weighted by Crippen LogP contribution is 2.30. The van der Waals surface area contributed by atoms with E-state index in [2.05, 4.69) is 5.32 Å². The van der Waals surface area contributed by atoms with Crippen molar-refractivity contribution in [2.75, 3.05) is 13.2 Å². The lowest BCUT2D eigenvalue weighted by Crippen LogP contribution is -2.67. The van der Waals surface area contributed by atoms with Gasteiger partial charge < -0.3 is 45.8 Å². The van der Waals surface area contributed by atoms with Gasteiger partial charge in [0, 0.05) is 6.42 Å². The van der Waals surface area contributed by atoms with Crippen molar-refractivity contribution in [3.05, 3.63) is 0 Å². The maximum Gasteiger partial charge on any atom is 0.364 e. The maximum atomic E-state index is 11.2. The Kier molecular flexibility index (Phi) is 6.19. The van der Waals surface area contributed by atoms with Gasteiger partial charge >= 0.3 is 5.97 Å². The predicted molar refractivity (Wildman–Crippen MR) is 66.2 cm³/mol. The van der Waals surface area contributed by atoms with Crippen LogP contribution in [-0.2, 0) is 14.3 Å². The van der Waals surface area contributed by atoms with Gasteiger partial charge in [-0.3, -0.25) is 4.79 Å². The average Bonchev–Trinajstić information content (AvgIpc) is 2.47. The molecule has 8 N–H and O–H groups in total. The van der Waals surface area contributed by atoms with Crippen LogP contribution in [0.1, 0.15) is 6.42 Å². The molecular formula is C11H19NO10. The number of amides is 1. The maximum absolute atomic E-state index is 11.2. The van der Waals surface area contributed by atoms with Gasteiger partial charge in [-0.15, -0.1) is 0 Å². The highest BCUT2D eigenvalue weighted by Gasteiger charge is 2.53. The number of aliphatic carboxylic acids is 1. The summed E-state index contributed by atoms with van der Waals surface area (Å²) in [4.78, 5) is 22.2. The summed E-state index contributed by atoms with van der Waals surface area (Å²) in [6.07, 6.45) is -7.92. The lowest BCUT2D eigenvalue weighted by Gasteiger charge is -2.44.